The van der Waals surface area contributed by atoms with Crippen LogP contribution in [0.5, 0.6) is 0 Å². The fourth-order valence-corrected chi connectivity index (χ4v) is 3.47. The largest absolute Gasteiger partial charge is 0.380 e. The van der Waals surface area contributed by atoms with Crippen molar-refractivity contribution in [3.8, 4) is 0 Å². The van der Waals surface area contributed by atoms with E-state index in [9.17, 15) is 8.42 Å². The summed E-state index contributed by atoms with van der Waals surface area (Å²) < 4.78 is 35.4. The van der Waals surface area contributed by atoms with Crippen LogP contribution in [0.4, 0.5) is 0 Å². The third-order valence-corrected chi connectivity index (χ3v) is 4.79. The van der Waals surface area contributed by atoms with Gasteiger partial charge >= 0.3 is 0 Å². The molecule has 21 heavy (non-hydrogen) atoms. The molecule has 0 spiro atoms. The molecule has 2 rings (SSSR count). The van der Waals surface area contributed by atoms with Gasteiger partial charge in [0.25, 0.3) is 0 Å². The van der Waals surface area contributed by atoms with E-state index in [1.54, 1.807) is 50.6 Å². The molecule has 0 aliphatic heterocycles. The summed E-state index contributed by atoms with van der Waals surface area (Å²) in [5, 5.41) is 0. The first-order chi connectivity index (χ1) is 10.1. The maximum atomic E-state index is 12.7. The molecule has 5 heteroatoms. The molecule has 0 fully saturated rings. The van der Waals surface area contributed by atoms with Crippen LogP contribution < -0.4 is 0 Å². The van der Waals surface area contributed by atoms with Gasteiger partial charge in [0, 0.05) is 14.2 Å². The average Bonchev–Trinajstić information content (AvgIpc) is 2.48. The number of rotatable bonds is 6. The Morgan fingerprint density at radius 2 is 1.24 bits per heavy atom. The van der Waals surface area contributed by atoms with E-state index in [4.69, 9.17) is 9.47 Å². The van der Waals surface area contributed by atoms with Crippen molar-refractivity contribution in [2.75, 3.05) is 14.2 Å². The first-order valence-electron chi connectivity index (χ1n) is 6.49. The number of methoxy groups -OCH3 is 2. The van der Waals surface area contributed by atoms with Crippen LogP contribution in [0.15, 0.2) is 58.3 Å². The van der Waals surface area contributed by atoms with Crippen molar-refractivity contribution in [3.05, 3.63) is 59.7 Å². The summed E-state index contributed by atoms with van der Waals surface area (Å²) in [6.07, 6.45) is 0. The Morgan fingerprint density at radius 1 is 0.810 bits per heavy atom. The van der Waals surface area contributed by atoms with E-state index in [0.29, 0.717) is 13.2 Å². The number of hydrogen-bond donors (Lipinski definition) is 0. The summed E-state index contributed by atoms with van der Waals surface area (Å²) in [5.74, 6) is 0. The Morgan fingerprint density at radius 3 is 1.62 bits per heavy atom. The Kier molecular flexibility index (Phi) is 5.12. The van der Waals surface area contributed by atoms with Gasteiger partial charge in [-0.1, -0.05) is 24.3 Å². The fraction of sp³-hybridized carbons (Fsp3) is 0.250. The summed E-state index contributed by atoms with van der Waals surface area (Å²) in [4.78, 5) is 0.540. The van der Waals surface area contributed by atoms with Gasteiger partial charge in [-0.2, -0.15) is 0 Å². The normalized spacial score (nSPS) is 11.5. The molecule has 0 bridgehead atoms. The molecule has 0 aromatic heterocycles. The lowest BCUT2D eigenvalue weighted by molar-refractivity contribution is 0.184. The van der Waals surface area contributed by atoms with Gasteiger partial charge in [-0.3, -0.25) is 0 Å². The third kappa shape index (κ3) is 3.69. The monoisotopic (exact) mass is 306 g/mol. The van der Waals surface area contributed by atoms with Gasteiger partial charge in [0.05, 0.1) is 23.0 Å². The molecule has 0 aliphatic rings. The molecule has 0 aliphatic carbocycles. The van der Waals surface area contributed by atoms with Crippen molar-refractivity contribution in [2.45, 2.75) is 23.0 Å². The molecule has 0 saturated carbocycles. The minimum atomic E-state index is -3.53. The van der Waals surface area contributed by atoms with E-state index in [1.165, 1.54) is 0 Å². The van der Waals surface area contributed by atoms with Crippen molar-refractivity contribution >= 4 is 9.84 Å². The van der Waals surface area contributed by atoms with Crippen LogP contribution in [0.3, 0.4) is 0 Å². The lowest BCUT2D eigenvalue weighted by atomic mass is 10.2. The molecule has 2 aromatic rings. The lowest BCUT2D eigenvalue weighted by Gasteiger charge is -2.08. The Labute approximate surface area is 125 Å². The van der Waals surface area contributed by atoms with Gasteiger partial charge in [-0.05, 0) is 35.4 Å². The molecule has 112 valence electrons. The summed E-state index contributed by atoms with van der Waals surface area (Å²) in [6.45, 7) is 0.764. The SMILES string of the molecule is COCc1cccc(S(=O)(=O)c2cccc(COC)c2)c1. The number of sulfone groups is 1. The maximum Gasteiger partial charge on any atom is 0.206 e. The van der Waals surface area contributed by atoms with E-state index in [1.807, 2.05) is 12.1 Å². The van der Waals surface area contributed by atoms with Crippen molar-refractivity contribution < 1.29 is 17.9 Å². The molecule has 2 aromatic carbocycles. The van der Waals surface area contributed by atoms with Gasteiger partial charge < -0.3 is 9.47 Å². The van der Waals surface area contributed by atoms with E-state index in [2.05, 4.69) is 0 Å². The van der Waals surface area contributed by atoms with E-state index >= 15 is 0 Å². The van der Waals surface area contributed by atoms with Gasteiger partial charge in [0.1, 0.15) is 0 Å². The second-order valence-corrected chi connectivity index (χ2v) is 6.61. The summed E-state index contributed by atoms with van der Waals surface area (Å²) in [6, 6.07) is 13.6. The second-order valence-electron chi connectivity index (χ2n) is 4.66. The van der Waals surface area contributed by atoms with Crippen molar-refractivity contribution in [2.24, 2.45) is 0 Å². The number of benzene rings is 2. The van der Waals surface area contributed by atoms with Gasteiger partial charge in [0.2, 0.25) is 9.84 Å². The van der Waals surface area contributed by atoms with Crippen LogP contribution in [0.2, 0.25) is 0 Å². The first-order valence-corrected chi connectivity index (χ1v) is 7.97. The van der Waals surface area contributed by atoms with E-state index < -0.39 is 9.84 Å². The smallest absolute Gasteiger partial charge is 0.206 e. The van der Waals surface area contributed by atoms with Crippen molar-refractivity contribution in [1.29, 1.82) is 0 Å². The molecular formula is C16H18O4S. The highest BCUT2D eigenvalue weighted by Crippen LogP contribution is 2.23. The second kappa shape index (κ2) is 6.85. The zero-order valence-corrected chi connectivity index (χ0v) is 12.9. The third-order valence-electron chi connectivity index (χ3n) is 3.04. The molecule has 0 N–H and O–H groups in total. The molecule has 0 unspecified atom stereocenters. The first kappa shape index (κ1) is 15.7. The van der Waals surface area contributed by atoms with Crippen LogP contribution in [0.25, 0.3) is 0 Å². The zero-order valence-electron chi connectivity index (χ0n) is 12.1. The number of ether oxygens (including phenoxy) is 2. The molecule has 0 heterocycles. The predicted molar refractivity (Wildman–Crippen MR) is 79.8 cm³/mol. The quantitative estimate of drug-likeness (QED) is 0.823. The van der Waals surface area contributed by atoms with Crippen LogP contribution in [0, 0.1) is 0 Å². The molecule has 0 amide bonds. The van der Waals surface area contributed by atoms with Crippen LogP contribution >= 0.6 is 0 Å². The summed E-state index contributed by atoms with van der Waals surface area (Å²) in [5.41, 5.74) is 1.65. The Bertz CT molecular complexity index is 652. The van der Waals surface area contributed by atoms with Crippen LogP contribution in [0.1, 0.15) is 11.1 Å². The highest BCUT2D eigenvalue weighted by atomic mass is 32.2. The summed E-state index contributed by atoms with van der Waals surface area (Å²) in [7, 11) is -0.374. The van der Waals surface area contributed by atoms with E-state index in [-0.39, 0.29) is 9.79 Å². The van der Waals surface area contributed by atoms with Gasteiger partial charge in [-0.25, -0.2) is 8.42 Å². The van der Waals surface area contributed by atoms with Gasteiger partial charge in [-0.15, -0.1) is 0 Å². The van der Waals surface area contributed by atoms with Crippen molar-refractivity contribution in [3.63, 3.8) is 0 Å². The van der Waals surface area contributed by atoms with E-state index in [0.717, 1.165) is 11.1 Å². The summed E-state index contributed by atoms with van der Waals surface area (Å²) >= 11 is 0. The molecule has 0 atom stereocenters. The Balaban J connectivity index is 2.41. The lowest BCUT2D eigenvalue weighted by Crippen LogP contribution is -2.04. The molecular weight excluding hydrogens is 288 g/mol. The maximum absolute atomic E-state index is 12.7. The van der Waals surface area contributed by atoms with Crippen LogP contribution in [-0.2, 0) is 32.5 Å². The van der Waals surface area contributed by atoms with Crippen LogP contribution in [-0.4, -0.2) is 22.6 Å². The highest BCUT2D eigenvalue weighted by Gasteiger charge is 2.18. The Hall–Kier alpha value is -1.69. The van der Waals surface area contributed by atoms with Gasteiger partial charge in [0.15, 0.2) is 0 Å². The topological polar surface area (TPSA) is 52.6 Å². The average molecular weight is 306 g/mol. The highest BCUT2D eigenvalue weighted by molar-refractivity contribution is 7.91. The fourth-order valence-electron chi connectivity index (χ4n) is 2.07. The molecule has 0 saturated heterocycles. The minimum Gasteiger partial charge on any atom is -0.380 e. The van der Waals surface area contributed by atoms with Crippen molar-refractivity contribution in [1.82, 2.24) is 0 Å². The number of hydrogen-bond acceptors (Lipinski definition) is 4. The molecule has 4 nitrogen and oxygen atoms in total. The standard InChI is InChI=1S/C16H18O4S/c1-19-11-13-5-3-7-15(9-13)21(17,18)16-8-4-6-14(10-16)12-20-2/h3-10H,11-12H2,1-2H3. The minimum absolute atomic E-state index is 0.270. The predicted octanol–water partition coefficient (Wildman–Crippen LogP) is 2.81. The molecule has 0 radical (unpaired) electrons. The zero-order chi connectivity index (χ0) is 15.3.